The molecule has 0 aromatic rings. The Labute approximate surface area is 89.5 Å². The maximum absolute atomic E-state index is 9.91. The number of hydrogen-bond acceptors (Lipinski definition) is 5. The second-order valence-corrected chi connectivity index (χ2v) is 4.98. The average molecular weight is 216 g/mol. The summed E-state index contributed by atoms with van der Waals surface area (Å²) in [7, 11) is 0. The monoisotopic (exact) mass is 216 g/mol. The van der Waals surface area contributed by atoms with Gasteiger partial charge in [0.1, 0.15) is 6.23 Å². The Morgan fingerprint density at radius 2 is 2.00 bits per heavy atom. The zero-order valence-electron chi connectivity index (χ0n) is 9.11. The third-order valence-electron chi connectivity index (χ3n) is 3.92. The van der Waals surface area contributed by atoms with Crippen LogP contribution < -0.4 is 5.73 Å². The van der Waals surface area contributed by atoms with E-state index in [4.69, 9.17) is 5.73 Å². The molecular formula is C10H20N2O3. The Morgan fingerprint density at radius 3 is 2.47 bits per heavy atom. The molecule has 5 heteroatoms. The Kier molecular flexibility index (Phi) is 2.77. The lowest BCUT2D eigenvalue weighted by molar-refractivity contribution is -0.218. The molecule has 88 valence electrons. The van der Waals surface area contributed by atoms with Gasteiger partial charge in [-0.3, -0.25) is 4.90 Å². The van der Waals surface area contributed by atoms with Gasteiger partial charge in [-0.15, -0.1) is 0 Å². The van der Waals surface area contributed by atoms with Crippen LogP contribution >= 0.6 is 0 Å². The summed E-state index contributed by atoms with van der Waals surface area (Å²) in [5.74, 6) is 0.417. The maximum atomic E-state index is 9.91. The van der Waals surface area contributed by atoms with Crippen LogP contribution in [0.5, 0.6) is 0 Å². The quantitative estimate of drug-likeness (QED) is 0.429. The van der Waals surface area contributed by atoms with Crippen LogP contribution in [0.15, 0.2) is 0 Å². The summed E-state index contributed by atoms with van der Waals surface area (Å²) in [4.78, 5) is 1.80. The van der Waals surface area contributed by atoms with Crippen molar-refractivity contribution in [1.82, 2.24) is 4.90 Å². The van der Waals surface area contributed by atoms with Crippen molar-refractivity contribution in [3.63, 3.8) is 0 Å². The molecule has 2 aliphatic heterocycles. The first kappa shape index (κ1) is 11.3. The normalized spacial score (nSPS) is 47.8. The third kappa shape index (κ3) is 1.50. The Balaban J connectivity index is 2.13. The lowest BCUT2D eigenvalue weighted by atomic mass is 9.78. The summed E-state index contributed by atoms with van der Waals surface area (Å²) < 4.78 is 0. The van der Waals surface area contributed by atoms with Crippen molar-refractivity contribution >= 4 is 0 Å². The van der Waals surface area contributed by atoms with Crippen LogP contribution in [0.1, 0.15) is 20.3 Å². The highest BCUT2D eigenvalue weighted by molar-refractivity contribution is 5.09. The highest BCUT2D eigenvalue weighted by Crippen LogP contribution is 2.47. The first-order valence-electron chi connectivity index (χ1n) is 5.52. The van der Waals surface area contributed by atoms with E-state index in [-0.39, 0.29) is 24.0 Å². The minimum atomic E-state index is -1.37. The number of hydrogen-bond donors (Lipinski definition) is 4. The highest BCUT2D eigenvalue weighted by Gasteiger charge is 2.59. The summed E-state index contributed by atoms with van der Waals surface area (Å²) in [6, 6.07) is -0.194. The largest absolute Gasteiger partial charge is 0.378 e. The van der Waals surface area contributed by atoms with Gasteiger partial charge in [-0.25, -0.2) is 0 Å². The second kappa shape index (κ2) is 3.68. The number of aliphatic hydroxyl groups is 3. The Morgan fingerprint density at radius 1 is 1.40 bits per heavy atom. The van der Waals surface area contributed by atoms with Crippen LogP contribution in [0.3, 0.4) is 0 Å². The van der Waals surface area contributed by atoms with Crippen LogP contribution in [0, 0.1) is 11.8 Å². The molecule has 0 aromatic heterocycles. The highest BCUT2D eigenvalue weighted by atomic mass is 16.5. The van der Waals surface area contributed by atoms with E-state index in [9.17, 15) is 15.3 Å². The minimum absolute atomic E-state index is 0.0571. The summed E-state index contributed by atoms with van der Waals surface area (Å²) in [6.45, 7) is 3.96. The van der Waals surface area contributed by atoms with Crippen molar-refractivity contribution in [2.45, 2.75) is 50.9 Å². The van der Waals surface area contributed by atoms with Gasteiger partial charge in [-0.2, -0.15) is 0 Å². The van der Waals surface area contributed by atoms with Gasteiger partial charge >= 0.3 is 0 Å². The van der Waals surface area contributed by atoms with E-state index in [1.165, 1.54) is 0 Å². The molecule has 5 nitrogen and oxygen atoms in total. The minimum Gasteiger partial charge on any atom is -0.378 e. The third-order valence-corrected chi connectivity index (χ3v) is 3.92. The first-order chi connectivity index (χ1) is 6.95. The lowest BCUT2D eigenvalue weighted by Gasteiger charge is -2.54. The molecule has 15 heavy (non-hydrogen) atoms. The van der Waals surface area contributed by atoms with E-state index >= 15 is 0 Å². The van der Waals surface area contributed by atoms with Gasteiger partial charge in [-0.1, -0.05) is 6.92 Å². The number of fused-ring (bicyclic) bond motifs is 1. The number of rotatable bonds is 2. The molecule has 2 rings (SSSR count). The second-order valence-electron chi connectivity index (χ2n) is 4.98. The summed E-state index contributed by atoms with van der Waals surface area (Å²) in [5.41, 5.74) is 5.82. The molecule has 5 N–H and O–H groups in total. The fraction of sp³-hybridized carbons (Fsp3) is 1.00. The molecule has 0 aliphatic carbocycles. The smallest absolute Gasteiger partial charge is 0.167 e. The molecule has 0 spiro atoms. The molecule has 0 bridgehead atoms. The van der Waals surface area contributed by atoms with Crippen LogP contribution in [0.4, 0.5) is 0 Å². The standard InChI is InChI=1S/C10H20N2O3/c1-4-3-6(10(14)15)12-8(4)7(5(2)11)9(12)13/h4-10,13-15H,3,11H2,1-2H3/t4?,5?,6-,7?,8+,9?/m0/s1. The van der Waals surface area contributed by atoms with E-state index in [1.54, 1.807) is 4.90 Å². The molecule has 0 amide bonds. The molecule has 2 saturated heterocycles. The molecular weight excluding hydrogens is 196 g/mol. The molecule has 0 radical (unpaired) electrons. The number of aliphatic hydroxyl groups excluding tert-OH is 2. The average Bonchev–Trinajstić information content (AvgIpc) is 2.38. The van der Waals surface area contributed by atoms with Crippen molar-refractivity contribution in [1.29, 1.82) is 0 Å². The van der Waals surface area contributed by atoms with E-state index < -0.39 is 12.5 Å². The van der Waals surface area contributed by atoms with Crippen molar-refractivity contribution in [2.24, 2.45) is 17.6 Å². The SMILES string of the molecule is CC(N)C1C(O)N2[C@@H]1C(C)C[C@H]2C(O)O. The summed E-state index contributed by atoms with van der Waals surface area (Å²) >= 11 is 0. The Bertz CT molecular complexity index is 237. The van der Waals surface area contributed by atoms with Gasteiger partial charge in [0.25, 0.3) is 0 Å². The van der Waals surface area contributed by atoms with Crippen LogP contribution in [0.2, 0.25) is 0 Å². The van der Waals surface area contributed by atoms with Gasteiger partial charge in [0.05, 0.1) is 6.04 Å². The zero-order chi connectivity index (χ0) is 11.3. The van der Waals surface area contributed by atoms with Crippen molar-refractivity contribution in [3.05, 3.63) is 0 Å². The maximum Gasteiger partial charge on any atom is 0.167 e. The molecule has 0 saturated carbocycles. The zero-order valence-corrected chi connectivity index (χ0v) is 9.11. The molecule has 6 atom stereocenters. The van der Waals surface area contributed by atoms with Gasteiger partial charge < -0.3 is 21.1 Å². The van der Waals surface area contributed by atoms with Crippen LogP contribution in [-0.4, -0.2) is 50.9 Å². The first-order valence-corrected chi connectivity index (χ1v) is 5.52. The molecule has 2 fully saturated rings. The Hall–Kier alpha value is -0.200. The van der Waals surface area contributed by atoms with E-state index in [0.29, 0.717) is 12.3 Å². The number of nitrogens with zero attached hydrogens (tertiary/aromatic N) is 1. The number of nitrogens with two attached hydrogens (primary N) is 1. The van der Waals surface area contributed by atoms with Gasteiger partial charge in [0.2, 0.25) is 0 Å². The van der Waals surface area contributed by atoms with E-state index in [2.05, 4.69) is 6.92 Å². The van der Waals surface area contributed by atoms with E-state index in [1.807, 2.05) is 6.92 Å². The van der Waals surface area contributed by atoms with Gasteiger partial charge in [-0.05, 0) is 19.3 Å². The molecule has 0 aromatic carbocycles. The lowest BCUT2D eigenvalue weighted by Crippen LogP contribution is -2.69. The fourth-order valence-corrected chi connectivity index (χ4v) is 3.24. The topological polar surface area (TPSA) is 90.0 Å². The van der Waals surface area contributed by atoms with Crippen molar-refractivity contribution in [2.75, 3.05) is 0 Å². The molecule has 2 aliphatic rings. The van der Waals surface area contributed by atoms with Gasteiger partial charge in [0.15, 0.2) is 6.29 Å². The molecule has 4 unspecified atom stereocenters. The van der Waals surface area contributed by atoms with E-state index in [0.717, 1.165) is 0 Å². The van der Waals surface area contributed by atoms with Crippen molar-refractivity contribution in [3.8, 4) is 0 Å². The van der Waals surface area contributed by atoms with Crippen molar-refractivity contribution < 1.29 is 15.3 Å². The van der Waals surface area contributed by atoms with Crippen LogP contribution in [-0.2, 0) is 0 Å². The predicted octanol–water partition coefficient (Wildman–Crippen LogP) is -1.33. The molecule has 2 heterocycles. The summed E-state index contributed by atoms with van der Waals surface area (Å²) in [5, 5.41) is 28.3. The van der Waals surface area contributed by atoms with Crippen LogP contribution in [0.25, 0.3) is 0 Å². The van der Waals surface area contributed by atoms with Gasteiger partial charge in [0, 0.05) is 18.0 Å². The summed E-state index contributed by atoms with van der Waals surface area (Å²) in [6.07, 6.45) is -1.28. The fourth-order valence-electron chi connectivity index (χ4n) is 3.24. The predicted molar refractivity (Wildman–Crippen MR) is 54.6 cm³/mol.